The zero-order valence-corrected chi connectivity index (χ0v) is 17.1. The molecule has 1 atom stereocenters. The molecular formula is C19H22FN5O4S. The fourth-order valence-corrected chi connectivity index (χ4v) is 3.62. The molecule has 0 spiro atoms. The Hall–Kier alpha value is -3.05. The summed E-state index contributed by atoms with van der Waals surface area (Å²) in [6.45, 7) is 0.452. The number of halogens is 1. The van der Waals surface area contributed by atoms with Crippen molar-refractivity contribution < 1.29 is 23.9 Å². The molecule has 9 nitrogen and oxygen atoms in total. The largest absolute Gasteiger partial charge is 0.391 e. The molecule has 1 aromatic heterocycles. The molecule has 1 aliphatic rings. The van der Waals surface area contributed by atoms with Crippen LogP contribution in [0.3, 0.4) is 0 Å². The zero-order chi connectivity index (χ0) is 21.7. The van der Waals surface area contributed by atoms with Gasteiger partial charge in [-0.1, -0.05) is 12.1 Å². The second kappa shape index (κ2) is 9.63. The van der Waals surface area contributed by atoms with Crippen LogP contribution in [0.15, 0.2) is 29.6 Å². The summed E-state index contributed by atoms with van der Waals surface area (Å²) in [5, 5.41) is 16.8. The minimum absolute atomic E-state index is 0.0411. The van der Waals surface area contributed by atoms with E-state index in [1.807, 2.05) is 0 Å². The Morgan fingerprint density at radius 1 is 1.43 bits per heavy atom. The molecule has 2 heterocycles. The van der Waals surface area contributed by atoms with Crippen LogP contribution in [-0.2, 0) is 22.7 Å². The van der Waals surface area contributed by atoms with E-state index in [-0.39, 0.29) is 50.2 Å². The number of thiazole rings is 1. The predicted molar refractivity (Wildman–Crippen MR) is 108 cm³/mol. The third-order valence-electron chi connectivity index (χ3n) is 4.46. The molecule has 2 aromatic rings. The summed E-state index contributed by atoms with van der Waals surface area (Å²) in [4.78, 5) is 43.0. The number of nitrogens with zero attached hydrogens (tertiary/aromatic N) is 3. The number of nitrogens with one attached hydrogen (secondary N) is 2. The van der Waals surface area contributed by atoms with E-state index in [0.29, 0.717) is 16.4 Å². The number of carbonyl (C=O) groups is 3. The number of amides is 4. The van der Waals surface area contributed by atoms with Gasteiger partial charge in [-0.25, -0.2) is 14.2 Å². The van der Waals surface area contributed by atoms with Crippen LogP contribution in [0.2, 0.25) is 0 Å². The topological polar surface area (TPSA) is 115 Å². The Morgan fingerprint density at radius 2 is 2.23 bits per heavy atom. The van der Waals surface area contributed by atoms with Crippen molar-refractivity contribution in [3.8, 4) is 0 Å². The van der Waals surface area contributed by atoms with Gasteiger partial charge in [0.15, 0.2) is 5.13 Å². The number of carbonyl (C=O) groups excluding carboxylic acids is 3. The van der Waals surface area contributed by atoms with E-state index in [1.165, 1.54) is 33.3 Å². The summed E-state index contributed by atoms with van der Waals surface area (Å²) in [5.74, 6) is -0.885. The van der Waals surface area contributed by atoms with Crippen LogP contribution in [0.25, 0.3) is 0 Å². The number of aliphatic hydroxyl groups is 1. The average molecular weight is 435 g/mol. The van der Waals surface area contributed by atoms with Crippen molar-refractivity contribution in [2.75, 3.05) is 25.5 Å². The Kier molecular flexibility index (Phi) is 6.95. The lowest BCUT2D eigenvalue weighted by molar-refractivity contribution is -0.137. The van der Waals surface area contributed by atoms with Crippen molar-refractivity contribution in [2.45, 2.75) is 25.6 Å². The van der Waals surface area contributed by atoms with Crippen molar-refractivity contribution in [3.63, 3.8) is 0 Å². The summed E-state index contributed by atoms with van der Waals surface area (Å²) < 4.78 is 13.2. The van der Waals surface area contributed by atoms with Crippen molar-refractivity contribution in [2.24, 2.45) is 0 Å². The summed E-state index contributed by atoms with van der Waals surface area (Å²) >= 11 is 1.21. The van der Waals surface area contributed by atoms with Gasteiger partial charge in [-0.15, -0.1) is 11.3 Å². The smallest absolute Gasteiger partial charge is 0.321 e. The first kappa shape index (κ1) is 21.7. The lowest BCUT2D eigenvalue weighted by Gasteiger charge is -2.20. The van der Waals surface area contributed by atoms with E-state index in [4.69, 9.17) is 0 Å². The van der Waals surface area contributed by atoms with Gasteiger partial charge in [-0.3, -0.25) is 14.9 Å². The highest BCUT2D eigenvalue weighted by molar-refractivity contribution is 7.13. The first-order valence-corrected chi connectivity index (χ1v) is 10.1. The molecular weight excluding hydrogens is 413 g/mol. The van der Waals surface area contributed by atoms with Crippen LogP contribution >= 0.6 is 11.3 Å². The minimum atomic E-state index is -0.727. The molecule has 1 saturated heterocycles. The van der Waals surface area contributed by atoms with E-state index in [2.05, 4.69) is 15.6 Å². The summed E-state index contributed by atoms with van der Waals surface area (Å²) in [6, 6.07) is 5.46. The van der Waals surface area contributed by atoms with E-state index in [0.717, 1.165) is 0 Å². The van der Waals surface area contributed by atoms with Crippen LogP contribution in [0.1, 0.15) is 17.7 Å². The van der Waals surface area contributed by atoms with Gasteiger partial charge in [0.1, 0.15) is 5.82 Å². The number of benzene rings is 1. The maximum absolute atomic E-state index is 13.2. The van der Waals surface area contributed by atoms with Gasteiger partial charge >= 0.3 is 6.03 Å². The average Bonchev–Trinajstić information content (AvgIpc) is 3.25. The first-order valence-electron chi connectivity index (χ1n) is 9.23. The number of anilines is 1. The van der Waals surface area contributed by atoms with Crippen LogP contribution in [-0.4, -0.2) is 64.0 Å². The van der Waals surface area contributed by atoms with E-state index < -0.39 is 12.1 Å². The number of hydrogen-bond donors (Lipinski definition) is 3. The molecule has 0 radical (unpaired) electrons. The van der Waals surface area contributed by atoms with Gasteiger partial charge in [0.2, 0.25) is 11.8 Å². The number of aromatic nitrogens is 1. The summed E-state index contributed by atoms with van der Waals surface area (Å²) in [6.07, 6.45) is -0.686. The van der Waals surface area contributed by atoms with E-state index in [1.54, 1.807) is 24.6 Å². The summed E-state index contributed by atoms with van der Waals surface area (Å²) in [7, 11) is 1.59. The molecule has 0 aliphatic carbocycles. The van der Waals surface area contributed by atoms with Crippen molar-refractivity contribution >= 4 is 34.3 Å². The molecule has 0 saturated carbocycles. The van der Waals surface area contributed by atoms with Crippen LogP contribution < -0.4 is 10.6 Å². The Balaban J connectivity index is 1.45. The van der Waals surface area contributed by atoms with Gasteiger partial charge in [0.05, 0.1) is 31.3 Å². The summed E-state index contributed by atoms with van der Waals surface area (Å²) in [5.41, 5.74) is 1.22. The number of rotatable bonds is 7. The van der Waals surface area contributed by atoms with Crippen LogP contribution in [0.5, 0.6) is 0 Å². The Morgan fingerprint density at radius 3 is 2.93 bits per heavy atom. The molecule has 11 heteroatoms. The number of likely N-dealkylation sites (N-methyl/N-ethyl adjacent to an activating group) is 1. The van der Waals surface area contributed by atoms with Crippen molar-refractivity contribution in [3.05, 3.63) is 46.7 Å². The van der Waals surface area contributed by atoms with E-state index in [9.17, 15) is 23.9 Å². The quantitative estimate of drug-likeness (QED) is 0.604. The monoisotopic (exact) mass is 435 g/mol. The number of likely N-dealkylation sites (tertiary alicyclic amines) is 1. The molecule has 160 valence electrons. The van der Waals surface area contributed by atoms with Crippen molar-refractivity contribution in [1.82, 2.24) is 20.1 Å². The van der Waals surface area contributed by atoms with Gasteiger partial charge in [-0.05, 0) is 17.7 Å². The fraction of sp³-hybridized carbons (Fsp3) is 0.368. The minimum Gasteiger partial charge on any atom is -0.391 e. The van der Waals surface area contributed by atoms with Gasteiger partial charge in [0.25, 0.3) is 0 Å². The molecule has 0 bridgehead atoms. The number of hydrogen-bond acceptors (Lipinski definition) is 6. The van der Waals surface area contributed by atoms with Crippen LogP contribution in [0.4, 0.5) is 14.3 Å². The normalized spacial score (nSPS) is 15.9. The highest BCUT2D eigenvalue weighted by Gasteiger charge is 2.30. The lowest BCUT2D eigenvalue weighted by Crippen LogP contribution is -2.39. The third kappa shape index (κ3) is 5.97. The van der Waals surface area contributed by atoms with Gasteiger partial charge in [-0.2, -0.15) is 0 Å². The second-order valence-corrected chi connectivity index (χ2v) is 7.82. The SMILES string of the molecule is CN(Cc1csc(NC(=O)NCc2cccc(F)c2)n1)C(=O)CN1C[C@@H](O)CC1=O. The molecule has 1 aromatic carbocycles. The molecule has 1 fully saturated rings. The second-order valence-electron chi connectivity index (χ2n) is 6.96. The van der Waals surface area contributed by atoms with Gasteiger partial charge in [0, 0.05) is 25.5 Å². The standard InChI is InChI=1S/C19H22FN5O4S/c1-24(17(28)10-25-9-15(26)6-16(25)27)8-14-11-30-19(22-14)23-18(29)21-7-12-3-2-4-13(20)5-12/h2-5,11,15,26H,6-10H2,1H3,(H2,21,22,23,29)/t15-/m0/s1. The maximum Gasteiger partial charge on any atom is 0.321 e. The molecule has 1 aliphatic heterocycles. The molecule has 0 unspecified atom stereocenters. The third-order valence-corrected chi connectivity index (χ3v) is 5.27. The zero-order valence-electron chi connectivity index (χ0n) is 16.3. The highest BCUT2D eigenvalue weighted by Crippen LogP contribution is 2.17. The van der Waals surface area contributed by atoms with Crippen molar-refractivity contribution in [1.29, 1.82) is 0 Å². The van der Waals surface area contributed by atoms with E-state index >= 15 is 0 Å². The molecule has 30 heavy (non-hydrogen) atoms. The molecule has 3 rings (SSSR count). The lowest BCUT2D eigenvalue weighted by atomic mass is 10.2. The molecule has 3 N–H and O–H groups in total. The maximum atomic E-state index is 13.2. The van der Waals surface area contributed by atoms with Gasteiger partial charge < -0.3 is 20.2 Å². The predicted octanol–water partition coefficient (Wildman–Crippen LogP) is 1.16. The Bertz CT molecular complexity index is 937. The number of urea groups is 1. The van der Waals surface area contributed by atoms with Crippen LogP contribution in [0, 0.1) is 5.82 Å². The first-order chi connectivity index (χ1) is 14.3. The fourth-order valence-electron chi connectivity index (χ4n) is 2.93. The number of aliphatic hydroxyl groups excluding tert-OH is 1. The Labute approximate surface area is 176 Å². The molecule has 4 amide bonds. The number of β-amino-alcohol motifs (C(OH)–C–C–N with tert-alkyl or cyclic N) is 1. The highest BCUT2D eigenvalue weighted by atomic mass is 32.1.